The van der Waals surface area contributed by atoms with Crippen LogP contribution in [0.3, 0.4) is 0 Å². The molecule has 1 aromatic heterocycles. The summed E-state index contributed by atoms with van der Waals surface area (Å²) in [7, 11) is 0. The van der Waals surface area contributed by atoms with Crippen molar-refractivity contribution in [2.24, 2.45) is 0 Å². The molecule has 1 amide bonds. The summed E-state index contributed by atoms with van der Waals surface area (Å²) in [6.07, 6.45) is 1.34. The maximum atomic E-state index is 12.5. The highest BCUT2D eigenvalue weighted by molar-refractivity contribution is 5.94. The number of hydrogen-bond donors (Lipinski definition) is 2. The normalized spacial score (nSPS) is 19.2. The van der Waals surface area contributed by atoms with Gasteiger partial charge in [0.1, 0.15) is 0 Å². The highest BCUT2D eigenvalue weighted by Crippen LogP contribution is 2.21. The lowest BCUT2D eigenvalue weighted by Crippen LogP contribution is -2.46. The van der Waals surface area contributed by atoms with Gasteiger partial charge in [0.05, 0.1) is 23.5 Å². The Kier molecular flexibility index (Phi) is 5.32. The Bertz CT molecular complexity index is 849. The summed E-state index contributed by atoms with van der Waals surface area (Å²) in [4.78, 5) is 23.3. The van der Waals surface area contributed by atoms with Gasteiger partial charge in [0.15, 0.2) is 0 Å². The summed E-state index contributed by atoms with van der Waals surface area (Å²) in [5, 5.41) is 16.5. The number of aliphatic carboxylic acids is 1. The first-order valence-corrected chi connectivity index (χ1v) is 9.07. The van der Waals surface area contributed by atoms with Crippen molar-refractivity contribution in [1.82, 2.24) is 15.1 Å². The van der Waals surface area contributed by atoms with Crippen LogP contribution in [0.5, 0.6) is 0 Å². The maximum absolute atomic E-state index is 12.5. The zero-order valence-electron chi connectivity index (χ0n) is 15.9. The van der Waals surface area contributed by atoms with Crippen LogP contribution in [0.25, 0.3) is 5.69 Å². The molecule has 2 aromatic rings. The fraction of sp³-hybridized carbons (Fsp3) is 0.450. The molecule has 27 heavy (non-hydrogen) atoms. The number of carbonyl (C=O) groups excluding carboxylic acids is 1. The van der Waals surface area contributed by atoms with Crippen LogP contribution in [0.4, 0.5) is 0 Å². The van der Waals surface area contributed by atoms with Crippen molar-refractivity contribution in [3.05, 3.63) is 46.8 Å². The van der Waals surface area contributed by atoms with Crippen LogP contribution in [-0.4, -0.2) is 45.5 Å². The first kappa shape index (κ1) is 19.1. The number of hydrogen-bond acceptors (Lipinski definition) is 4. The number of amides is 1. The van der Waals surface area contributed by atoms with E-state index in [1.165, 1.54) is 0 Å². The van der Waals surface area contributed by atoms with Crippen LogP contribution < -0.4 is 5.32 Å². The van der Waals surface area contributed by atoms with E-state index in [0.717, 1.165) is 29.1 Å². The number of carboxylic acid groups (broad SMARTS) is 1. The molecule has 1 aromatic carbocycles. The summed E-state index contributed by atoms with van der Waals surface area (Å²) < 4.78 is 7.16. The van der Waals surface area contributed by atoms with Crippen molar-refractivity contribution in [2.45, 2.75) is 45.6 Å². The average Bonchev–Trinajstić information content (AvgIpc) is 3.16. The molecule has 144 valence electrons. The largest absolute Gasteiger partial charge is 0.481 e. The lowest BCUT2D eigenvalue weighted by molar-refractivity contribution is -0.136. The molecular weight excluding hydrogens is 346 g/mol. The molecule has 1 aliphatic rings. The third-order valence-corrected chi connectivity index (χ3v) is 5.04. The number of carboxylic acids is 1. The first-order chi connectivity index (χ1) is 12.8. The number of nitrogens with zero attached hydrogens (tertiary/aromatic N) is 2. The molecule has 1 fully saturated rings. The number of nitrogens with one attached hydrogen (secondary N) is 1. The number of aryl methyl sites for hydroxylation is 1. The monoisotopic (exact) mass is 371 g/mol. The van der Waals surface area contributed by atoms with Crippen molar-refractivity contribution in [1.29, 1.82) is 0 Å². The van der Waals surface area contributed by atoms with Gasteiger partial charge in [0.25, 0.3) is 5.91 Å². The van der Waals surface area contributed by atoms with Crippen molar-refractivity contribution in [2.75, 3.05) is 13.2 Å². The zero-order chi connectivity index (χ0) is 19.6. The van der Waals surface area contributed by atoms with E-state index >= 15 is 0 Å². The van der Waals surface area contributed by atoms with E-state index in [0.29, 0.717) is 25.2 Å². The van der Waals surface area contributed by atoms with Gasteiger partial charge in [-0.3, -0.25) is 9.59 Å². The Morgan fingerprint density at radius 3 is 2.59 bits per heavy atom. The quantitative estimate of drug-likeness (QED) is 0.813. The minimum atomic E-state index is -0.821. The minimum Gasteiger partial charge on any atom is -0.481 e. The molecule has 3 rings (SSSR count). The van der Waals surface area contributed by atoms with Crippen LogP contribution in [0.1, 0.15) is 47.1 Å². The number of carbonyl (C=O) groups is 2. The number of aromatic nitrogens is 2. The second kappa shape index (κ2) is 7.52. The predicted octanol–water partition coefficient (Wildman–Crippen LogP) is 2.42. The van der Waals surface area contributed by atoms with Crippen molar-refractivity contribution in [3.8, 4) is 5.69 Å². The Morgan fingerprint density at radius 2 is 2.00 bits per heavy atom. The fourth-order valence-electron chi connectivity index (χ4n) is 3.39. The van der Waals surface area contributed by atoms with Gasteiger partial charge >= 0.3 is 5.97 Å². The standard InChI is InChI=1S/C20H25N3O4/c1-13-17(8-9-18(24)25)14(2)23(22-13)16-6-4-15(5-7-16)19(26)21-20(3)10-11-27-12-20/h4-7H,8-12H2,1-3H3,(H,21,26)(H,24,25)/t20-/m0/s1. The minimum absolute atomic E-state index is 0.0783. The van der Waals surface area contributed by atoms with E-state index in [4.69, 9.17) is 9.84 Å². The molecule has 0 saturated carbocycles. The van der Waals surface area contributed by atoms with Gasteiger partial charge in [0.2, 0.25) is 0 Å². The molecule has 7 nitrogen and oxygen atoms in total. The lowest BCUT2D eigenvalue weighted by Gasteiger charge is -2.23. The van der Waals surface area contributed by atoms with Gasteiger partial charge in [-0.15, -0.1) is 0 Å². The number of rotatable bonds is 6. The van der Waals surface area contributed by atoms with Gasteiger partial charge in [0, 0.05) is 24.3 Å². The van der Waals surface area contributed by atoms with Gasteiger partial charge in [-0.1, -0.05) is 0 Å². The molecule has 0 unspecified atom stereocenters. The molecule has 0 radical (unpaired) electrons. The molecule has 1 saturated heterocycles. The SMILES string of the molecule is Cc1nn(-c2ccc(C(=O)N[C@@]3(C)CCOC3)cc2)c(C)c1CCC(=O)O. The molecule has 2 N–H and O–H groups in total. The van der Waals surface area contributed by atoms with Crippen molar-refractivity contribution >= 4 is 11.9 Å². The number of ether oxygens (including phenoxy) is 1. The van der Waals surface area contributed by atoms with E-state index < -0.39 is 5.97 Å². The van der Waals surface area contributed by atoms with Gasteiger partial charge in [-0.2, -0.15) is 5.10 Å². The highest BCUT2D eigenvalue weighted by atomic mass is 16.5. The third kappa shape index (κ3) is 4.19. The van der Waals surface area contributed by atoms with Gasteiger partial charge in [-0.05, 0) is 63.4 Å². The van der Waals surface area contributed by atoms with E-state index in [1.54, 1.807) is 16.8 Å². The fourth-order valence-corrected chi connectivity index (χ4v) is 3.39. The zero-order valence-corrected chi connectivity index (χ0v) is 15.9. The van der Waals surface area contributed by atoms with Gasteiger partial charge < -0.3 is 15.2 Å². The second-order valence-corrected chi connectivity index (χ2v) is 7.32. The maximum Gasteiger partial charge on any atom is 0.303 e. The Labute approximate surface area is 158 Å². The van der Waals surface area contributed by atoms with E-state index in [2.05, 4.69) is 10.4 Å². The summed E-state index contributed by atoms with van der Waals surface area (Å²) in [5.74, 6) is -0.941. The first-order valence-electron chi connectivity index (χ1n) is 9.07. The molecule has 2 heterocycles. The molecule has 1 aliphatic heterocycles. The number of benzene rings is 1. The van der Waals surface area contributed by atoms with Crippen molar-refractivity contribution < 1.29 is 19.4 Å². The van der Waals surface area contributed by atoms with Crippen LogP contribution >= 0.6 is 0 Å². The van der Waals surface area contributed by atoms with Crippen LogP contribution in [0, 0.1) is 13.8 Å². The van der Waals surface area contributed by atoms with E-state index in [1.807, 2.05) is 32.9 Å². The van der Waals surface area contributed by atoms with Gasteiger partial charge in [-0.25, -0.2) is 4.68 Å². The Morgan fingerprint density at radius 1 is 1.30 bits per heavy atom. The lowest BCUT2D eigenvalue weighted by atomic mass is 10.0. The molecule has 0 aliphatic carbocycles. The molecule has 0 spiro atoms. The molecule has 7 heteroatoms. The topological polar surface area (TPSA) is 93.5 Å². The predicted molar refractivity (Wildman–Crippen MR) is 100 cm³/mol. The van der Waals surface area contributed by atoms with Crippen molar-refractivity contribution in [3.63, 3.8) is 0 Å². The summed E-state index contributed by atoms with van der Waals surface area (Å²) >= 11 is 0. The Hall–Kier alpha value is -2.67. The van der Waals surface area contributed by atoms with Crippen LogP contribution in [-0.2, 0) is 16.0 Å². The molecular formula is C20H25N3O4. The molecule has 0 bridgehead atoms. The van der Waals surface area contributed by atoms with Crippen LogP contribution in [0.15, 0.2) is 24.3 Å². The Balaban J connectivity index is 1.76. The summed E-state index contributed by atoms with van der Waals surface area (Å²) in [5.41, 5.74) is 3.80. The third-order valence-electron chi connectivity index (χ3n) is 5.04. The smallest absolute Gasteiger partial charge is 0.303 e. The molecule has 1 atom stereocenters. The van der Waals surface area contributed by atoms with E-state index in [-0.39, 0.29) is 17.9 Å². The van der Waals surface area contributed by atoms with Crippen LogP contribution in [0.2, 0.25) is 0 Å². The second-order valence-electron chi connectivity index (χ2n) is 7.32. The average molecular weight is 371 g/mol. The summed E-state index contributed by atoms with van der Waals surface area (Å²) in [6.45, 7) is 6.99. The highest BCUT2D eigenvalue weighted by Gasteiger charge is 2.31. The van der Waals surface area contributed by atoms with E-state index in [9.17, 15) is 9.59 Å². The summed E-state index contributed by atoms with van der Waals surface area (Å²) in [6, 6.07) is 7.25.